The van der Waals surface area contributed by atoms with Crippen molar-refractivity contribution in [2.24, 2.45) is 0 Å². The molecule has 5 nitrogen and oxygen atoms in total. The molecule has 0 N–H and O–H groups in total. The van der Waals surface area contributed by atoms with Crippen LogP contribution in [0.5, 0.6) is 0 Å². The highest BCUT2D eigenvalue weighted by Gasteiger charge is 2.16. The van der Waals surface area contributed by atoms with Crippen LogP contribution in [0.1, 0.15) is 16.3 Å². The number of carbonyl (C=O) groups is 1. The van der Waals surface area contributed by atoms with E-state index in [2.05, 4.69) is 30.6 Å². The lowest BCUT2D eigenvalue weighted by molar-refractivity contribution is 0.0585. The third kappa shape index (κ3) is 2.87. The van der Waals surface area contributed by atoms with Gasteiger partial charge in [0.1, 0.15) is 5.15 Å². The Morgan fingerprint density at radius 3 is 2.67 bits per heavy atom. The number of aromatic nitrogens is 2. The first-order valence-electron chi connectivity index (χ1n) is 3.89. The molecule has 0 aromatic carbocycles. The van der Waals surface area contributed by atoms with Crippen LogP contribution in [-0.4, -0.2) is 30.2 Å². The maximum atomic E-state index is 11.2. The van der Waals surface area contributed by atoms with Gasteiger partial charge < -0.3 is 9.47 Å². The molecule has 1 aromatic rings. The van der Waals surface area contributed by atoms with E-state index in [9.17, 15) is 4.79 Å². The Morgan fingerprint density at radius 2 is 2.13 bits per heavy atom. The quantitative estimate of drug-likeness (QED) is 0.629. The molecule has 1 aromatic heterocycles. The van der Waals surface area contributed by atoms with Crippen LogP contribution >= 0.6 is 27.5 Å². The normalized spacial score (nSPS) is 10.1. The summed E-state index contributed by atoms with van der Waals surface area (Å²) in [5.74, 6) is -0.723. The van der Waals surface area contributed by atoms with E-state index >= 15 is 0 Å². The van der Waals surface area contributed by atoms with Crippen molar-refractivity contribution >= 4 is 33.5 Å². The number of hydrogen-bond acceptors (Lipinski definition) is 5. The Bertz CT molecular complexity index is 386. The first-order valence-corrected chi connectivity index (χ1v) is 5.06. The van der Waals surface area contributed by atoms with Crippen molar-refractivity contribution in [3.63, 3.8) is 0 Å². The summed E-state index contributed by atoms with van der Waals surface area (Å²) in [5.41, 5.74) is 0.498. The highest BCUT2D eigenvalue weighted by Crippen LogP contribution is 2.23. The molecular weight excluding hydrogens is 287 g/mol. The Balaban J connectivity index is 3.16. The first kappa shape index (κ1) is 12.4. The van der Waals surface area contributed by atoms with Crippen LogP contribution in [0.4, 0.5) is 0 Å². The summed E-state index contributed by atoms with van der Waals surface area (Å²) in [6.45, 7) is 0.229. The van der Waals surface area contributed by atoms with Crippen molar-refractivity contribution in [2.75, 3.05) is 14.2 Å². The third-order valence-corrected chi connectivity index (χ3v) is 2.86. The fourth-order valence-corrected chi connectivity index (χ4v) is 1.36. The Labute approximate surface area is 99.9 Å². The predicted molar refractivity (Wildman–Crippen MR) is 56.8 cm³/mol. The fraction of sp³-hybridized carbons (Fsp3) is 0.375. The lowest BCUT2D eigenvalue weighted by Crippen LogP contribution is -2.10. The molecule has 15 heavy (non-hydrogen) atoms. The van der Waals surface area contributed by atoms with Crippen LogP contribution in [0.15, 0.2) is 4.47 Å². The number of carbonyl (C=O) groups excluding carboxylic acids is 1. The van der Waals surface area contributed by atoms with Gasteiger partial charge in [0.05, 0.1) is 23.9 Å². The van der Waals surface area contributed by atoms with Crippen LogP contribution in [0.3, 0.4) is 0 Å². The molecule has 82 valence electrons. The summed E-state index contributed by atoms with van der Waals surface area (Å²) in [5, 5.41) is 0.150. The van der Waals surface area contributed by atoms with Crippen LogP contribution < -0.4 is 0 Å². The number of methoxy groups -OCH3 is 2. The van der Waals surface area contributed by atoms with Crippen molar-refractivity contribution < 1.29 is 14.3 Å². The van der Waals surface area contributed by atoms with Gasteiger partial charge in [0, 0.05) is 7.11 Å². The molecule has 0 aliphatic heterocycles. The monoisotopic (exact) mass is 294 g/mol. The average molecular weight is 296 g/mol. The minimum atomic E-state index is -0.637. The fourth-order valence-electron chi connectivity index (χ4n) is 0.878. The van der Waals surface area contributed by atoms with E-state index in [-0.39, 0.29) is 17.6 Å². The molecule has 0 aliphatic carbocycles. The summed E-state index contributed by atoms with van der Waals surface area (Å²) in [6.07, 6.45) is 0. The van der Waals surface area contributed by atoms with Crippen LogP contribution in [0.2, 0.25) is 5.15 Å². The van der Waals surface area contributed by atoms with Gasteiger partial charge >= 0.3 is 5.97 Å². The SMILES string of the molecule is COCc1nc(C(=O)OC)nc(Cl)c1Br. The number of halogens is 2. The number of esters is 1. The Hall–Kier alpha value is -0.720. The molecule has 0 fully saturated rings. The summed E-state index contributed by atoms with van der Waals surface area (Å²) < 4.78 is 9.90. The molecule has 0 spiro atoms. The molecule has 1 rings (SSSR count). The molecule has 0 radical (unpaired) electrons. The van der Waals surface area contributed by atoms with Gasteiger partial charge in [-0.3, -0.25) is 0 Å². The standard InChI is InChI=1S/C8H8BrClN2O3/c1-14-3-4-5(9)6(10)12-7(11-4)8(13)15-2/h3H2,1-2H3. The summed E-state index contributed by atoms with van der Waals surface area (Å²) in [4.78, 5) is 18.9. The van der Waals surface area contributed by atoms with Crippen LogP contribution in [-0.2, 0) is 16.1 Å². The van der Waals surface area contributed by atoms with Gasteiger partial charge in [-0.2, -0.15) is 0 Å². The number of hydrogen-bond donors (Lipinski definition) is 0. The Morgan fingerprint density at radius 1 is 1.47 bits per heavy atom. The van der Waals surface area contributed by atoms with Gasteiger partial charge in [0.25, 0.3) is 0 Å². The van der Waals surface area contributed by atoms with Gasteiger partial charge in [0.2, 0.25) is 5.82 Å². The molecule has 0 bridgehead atoms. The second-order valence-corrected chi connectivity index (χ2v) is 3.67. The molecule has 7 heteroatoms. The zero-order valence-corrected chi connectivity index (χ0v) is 10.4. The molecule has 0 atom stereocenters. The van der Waals surface area contributed by atoms with E-state index in [1.54, 1.807) is 0 Å². The van der Waals surface area contributed by atoms with E-state index in [1.807, 2.05) is 0 Å². The minimum absolute atomic E-state index is 0.0854. The van der Waals surface area contributed by atoms with Gasteiger partial charge in [-0.1, -0.05) is 11.6 Å². The van der Waals surface area contributed by atoms with Crippen molar-refractivity contribution in [1.82, 2.24) is 9.97 Å². The summed E-state index contributed by atoms with van der Waals surface area (Å²) in [7, 11) is 2.76. The van der Waals surface area contributed by atoms with Gasteiger partial charge in [0.15, 0.2) is 0 Å². The first-order chi connectivity index (χ1) is 7.10. The largest absolute Gasteiger partial charge is 0.463 e. The Kier molecular flexibility index (Phi) is 4.44. The van der Waals surface area contributed by atoms with Crippen LogP contribution in [0, 0.1) is 0 Å². The predicted octanol–water partition coefficient (Wildman–Crippen LogP) is 1.83. The van der Waals surface area contributed by atoms with Gasteiger partial charge in [-0.05, 0) is 15.9 Å². The van der Waals surface area contributed by atoms with E-state index < -0.39 is 5.97 Å². The molecule has 0 unspecified atom stereocenters. The molecule has 0 amide bonds. The number of nitrogens with zero attached hydrogens (tertiary/aromatic N) is 2. The van der Waals surface area contributed by atoms with Crippen molar-refractivity contribution in [3.05, 3.63) is 21.1 Å². The second kappa shape index (κ2) is 5.39. The highest BCUT2D eigenvalue weighted by molar-refractivity contribution is 9.10. The maximum absolute atomic E-state index is 11.2. The lowest BCUT2D eigenvalue weighted by Gasteiger charge is -2.05. The average Bonchev–Trinajstić information content (AvgIpc) is 2.23. The van der Waals surface area contributed by atoms with Gasteiger partial charge in [-0.15, -0.1) is 0 Å². The van der Waals surface area contributed by atoms with E-state index in [4.69, 9.17) is 16.3 Å². The smallest absolute Gasteiger partial charge is 0.376 e. The zero-order chi connectivity index (χ0) is 11.4. The maximum Gasteiger partial charge on any atom is 0.376 e. The van der Waals surface area contributed by atoms with Gasteiger partial charge in [-0.25, -0.2) is 14.8 Å². The number of rotatable bonds is 3. The van der Waals surface area contributed by atoms with Crippen molar-refractivity contribution in [2.45, 2.75) is 6.61 Å². The topological polar surface area (TPSA) is 61.3 Å². The molecule has 0 aliphatic rings. The third-order valence-electron chi connectivity index (χ3n) is 1.53. The second-order valence-electron chi connectivity index (χ2n) is 2.52. The summed E-state index contributed by atoms with van der Waals surface area (Å²) >= 11 is 8.99. The van der Waals surface area contributed by atoms with Crippen molar-refractivity contribution in [3.8, 4) is 0 Å². The molecular formula is C8H8BrClN2O3. The molecule has 0 saturated heterocycles. The molecule has 1 heterocycles. The lowest BCUT2D eigenvalue weighted by atomic mass is 10.4. The summed E-state index contributed by atoms with van der Waals surface area (Å²) in [6, 6.07) is 0. The number of ether oxygens (including phenoxy) is 2. The van der Waals surface area contributed by atoms with Crippen LogP contribution in [0.25, 0.3) is 0 Å². The van der Waals surface area contributed by atoms with E-state index in [0.717, 1.165) is 0 Å². The molecule has 0 saturated carbocycles. The minimum Gasteiger partial charge on any atom is -0.463 e. The highest BCUT2D eigenvalue weighted by atomic mass is 79.9. The van der Waals surface area contributed by atoms with Crippen molar-refractivity contribution in [1.29, 1.82) is 0 Å². The van der Waals surface area contributed by atoms with E-state index in [0.29, 0.717) is 10.2 Å². The van der Waals surface area contributed by atoms with E-state index in [1.165, 1.54) is 14.2 Å². The zero-order valence-electron chi connectivity index (χ0n) is 8.08.